The molecule has 0 aliphatic rings. The van der Waals surface area contributed by atoms with Crippen LogP contribution < -0.4 is 104 Å². The molecule has 10 heavy (non-hydrogen) atoms. The molecule has 0 aromatic carbocycles. The first-order valence-corrected chi connectivity index (χ1v) is 1.07. The Hall–Kier alpha value is 2.82. The van der Waals surface area contributed by atoms with Gasteiger partial charge in [-0.25, -0.2) is 0 Å². The quantitative estimate of drug-likeness (QED) is 0.233. The van der Waals surface area contributed by atoms with Crippen LogP contribution in [0.3, 0.4) is 0 Å². The first-order valence-electron chi connectivity index (χ1n) is 1.07. The Kier molecular flexibility index (Phi) is 87.1. The SMILES string of the molecule is OO.[Na+].[Na+].[Na+].[O-]OB([O-])[O-]. The molecular weight excluding hydrogens is 176 g/mol. The van der Waals surface area contributed by atoms with Crippen molar-refractivity contribution in [1.29, 1.82) is 0 Å². The first-order chi connectivity index (χ1) is 3.27. The van der Waals surface area contributed by atoms with Crippen molar-refractivity contribution in [2.75, 3.05) is 0 Å². The van der Waals surface area contributed by atoms with Crippen molar-refractivity contribution in [2.45, 2.75) is 0 Å². The molecule has 0 bridgehead atoms. The fourth-order valence-electron chi connectivity index (χ4n) is 0. The van der Waals surface area contributed by atoms with Gasteiger partial charge in [-0.15, -0.1) is 0 Å². The molecule has 2 N–H and O–H groups in total. The van der Waals surface area contributed by atoms with E-state index >= 15 is 0 Å². The Morgan fingerprint density at radius 1 is 1.00 bits per heavy atom. The minimum atomic E-state index is -2.67. The molecule has 10 heteroatoms. The van der Waals surface area contributed by atoms with Gasteiger partial charge in [0.25, 0.3) is 0 Å². The predicted molar refractivity (Wildman–Crippen MR) is 12.1 cm³/mol. The van der Waals surface area contributed by atoms with Crippen LogP contribution in [0.5, 0.6) is 0 Å². The van der Waals surface area contributed by atoms with Crippen LogP contribution in [0.2, 0.25) is 0 Å². The minimum Gasteiger partial charge on any atom is -0.871 e. The number of rotatable bonds is 1. The van der Waals surface area contributed by atoms with Crippen molar-refractivity contribution in [3.8, 4) is 0 Å². The van der Waals surface area contributed by atoms with Gasteiger partial charge in [-0.2, -0.15) is 0 Å². The zero-order valence-electron chi connectivity index (χ0n) is 6.10. The van der Waals surface area contributed by atoms with Gasteiger partial charge in [0.2, 0.25) is 0 Å². The predicted octanol–water partition coefficient (Wildman–Crippen LogP) is -13.0. The van der Waals surface area contributed by atoms with Crippen LogP contribution in [0.4, 0.5) is 0 Å². The average molecular weight is 178 g/mol. The van der Waals surface area contributed by atoms with E-state index in [4.69, 9.17) is 25.8 Å². The summed E-state index contributed by atoms with van der Waals surface area (Å²) in [6, 6.07) is 0. The normalized spacial score (nSPS) is 4.50. The van der Waals surface area contributed by atoms with E-state index in [2.05, 4.69) is 4.81 Å². The van der Waals surface area contributed by atoms with Crippen LogP contribution in [0.25, 0.3) is 0 Å². The van der Waals surface area contributed by atoms with Crippen molar-refractivity contribution in [1.82, 2.24) is 0 Å². The van der Waals surface area contributed by atoms with E-state index < -0.39 is 7.32 Å². The third-order valence-electron chi connectivity index (χ3n) is 0.0786. The molecule has 6 nitrogen and oxygen atoms in total. The van der Waals surface area contributed by atoms with Crippen LogP contribution in [0.15, 0.2) is 0 Å². The van der Waals surface area contributed by atoms with Crippen molar-refractivity contribution in [3.63, 3.8) is 0 Å². The first kappa shape index (κ1) is 29.3. The van der Waals surface area contributed by atoms with E-state index in [0.717, 1.165) is 0 Å². The summed E-state index contributed by atoms with van der Waals surface area (Å²) in [5.74, 6) is 0. The van der Waals surface area contributed by atoms with E-state index in [1.54, 1.807) is 0 Å². The Bertz CT molecular complexity index is 27.0. The van der Waals surface area contributed by atoms with E-state index in [1.807, 2.05) is 0 Å². The zero-order chi connectivity index (χ0) is 6.28. The van der Waals surface area contributed by atoms with Gasteiger partial charge in [-0.1, -0.05) is 0 Å². The minimum absolute atomic E-state index is 0. The van der Waals surface area contributed by atoms with E-state index in [9.17, 15) is 0 Å². The Morgan fingerprint density at radius 2 is 1.10 bits per heavy atom. The molecule has 0 fully saturated rings. The van der Waals surface area contributed by atoms with Gasteiger partial charge in [0.15, 0.2) is 0 Å². The fraction of sp³-hybridized carbons (Fsp3) is 0. The molecule has 0 aromatic heterocycles. The van der Waals surface area contributed by atoms with Gasteiger partial charge in [0.1, 0.15) is 0 Å². The van der Waals surface area contributed by atoms with Crippen LogP contribution in [-0.4, -0.2) is 17.8 Å². The second kappa shape index (κ2) is 29.7. The van der Waals surface area contributed by atoms with Crippen molar-refractivity contribution in [3.05, 3.63) is 0 Å². The maximum atomic E-state index is 8.81. The summed E-state index contributed by atoms with van der Waals surface area (Å²) < 4.78 is 0. The van der Waals surface area contributed by atoms with Crippen LogP contribution in [0.1, 0.15) is 0 Å². The van der Waals surface area contributed by atoms with Gasteiger partial charge in [-0.3, -0.25) is 10.5 Å². The van der Waals surface area contributed by atoms with Gasteiger partial charge in [0.05, 0.1) is 0 Å². The van der Waals surface area contributed by atoms with Crippen molar-refractivity contribution in [2.24, 2.45) is 0 Å². The van der Waals surface area contributed by atoms with Gasteiger partial charge in [0, 0.05) is 7.32 Å². The molecule has 44 valence electrons. The summed E-state index contributed by atoms with van der Waals surface area (Å²) in [4.78, 5) is 2.39. The Balaban J connectivity index is -0.0000000154. The molecule has 0 unspecified atom stereocenters. The summed E-state index contributed by atoms with van der Waals surface area (Å²) >= 11 is 0. The molecule has 0 aliphatic heterocycles. The smallest absolute Gasteiger partial charge is 0.871 e. The maximum Gasteiger partial charge on any atom is 1.00 e. The topological polar surface area (TPSA) is 119 Å². The second-order valence-corrected chi connectivity index (χ2v) is 0.385. The Labute approximate surface area is 124 Å². The maximum absolute atomic E-state index is 8.81. The summed E-state index contributed by atoms with van der Waals surface area (Å²) in [6.45, 7) is 0. The molecule has 0 saturated carbocycles. The molecular formula is H2BNa3O6. The molecule has 0 rings (SSSR count). The second-order valence-electron chi connectivity index (χ2n) is 0.385. The molecule has 0 aliphatic carbocycles. The zero-order valence-corrected chi connectivity index (χ0v) is 12.1. The van der Waals surface area contributed by atoms with Crippen LogP contribution in [-0.2, 0) is 4.81 Å². The van der Waals surface area contributed by atoms with E-state index in [1.165, 1.54) is 0 Å². The number of hydrogen-bond acceptors (Lipinski definition) is 6. The van der Waals surface area contributed by atoms with Gasteiger partial charge in [-0.05, 0) is 0 Å². The molecule has 0 saturated heterocycles. The average Bonchev–Trinajstić information content (AvgIpc) is 1.73. The van der Waals surface area contributed by atoms with E-state index in [0.29, 0.717) is 0 Å². The largest absolute Gasteiger partial charge is 1.00 e. The van der Waals surface area contributed by atoms with Crippen LogP contribution >= 0.6 is 0 Å². The van der Waals surface area contributed by atoms with Crippen LogP contribution in [0, 0.1) is 0 Å². The molecule has 0 amide bonds. The molecule has 0 heterocycles. The number of hydrogen-bond donors (Lipinski definition) is 2. The third kappa shape index (κ3) is 44.9. The molecule has 0 radical (unpaired) electrons. The third-order valence-corrected chi connectivity index (χ3v) is 0.0786. The summed E-state index contributed by atoms with van der Waals surface area (Å²) in [7, 11) is -2.67. The summed E-state index contributed by atoms with van der Waals surface area (Å²) in [6.07, 6.45) is 0. The monoisotopic (exact) mass is 178 g/mol. The molecule has 0 atom stereocenters. The van der Waals surface area contributed by atoms with Crippen molar-refractivity contribution >= 4 is 7.32 Å². The van der Waals surface area contributed by atoms with Gasteiger partial charge >= 0.3 is 88.7 Å². The van der Waals surface area contributed by atoms with Gasteiger partial charge < -0.3 is 20.1 Å². The standard InChI is InChI=1S/BHO4.3Na.H2O2/c2-1(3)5-4;;;;1-2/h4H;;;;1-2H/q-2;3*+1;/p-1. The summed E-state index contributed by atoms with van der Waals surface area (Å²) in [5, 5.41) is 38.1. The Morgan fingerprint density at radius 3 is 1.10 bits per heavy atom. The van der Waals surface area contributed by atoms with E-state index in [-0.39, 0.29) is 88.7 Å². The molecule has 0 spiro atoms. The van der Waals surface area contributed by atoms with Crippen molar-refractivity contribution < 1.29 is 119 Å². The fourth-order valence-corrected chi connectivity index (χ4v) is 0. The molecule has 0 aromatic rings. The summed E-state index contributed by atoms with van der Waals surface area (Å²) in [5.41, 5.74) is 0.